The van der Waals surface area contributed by atoms with Crippen molar-refractivity contribution in [3.63, 3.8) is 0 Å². The number of amides is 3. The van der Waals surface area contributed by atoms with Gasteiger partial charge in [-0.25, -0.2) is 0 Å². The third kappa shape index (κ3) is 7.16. The molecule has 3 aliphatic rings. The summed E-state index contributed by atoms with van der Waals surface area (Å²) in [4.78, 5) is 45.3. The number of carbonyl (C=O) groups is 3. The number of carbonyl (C=O) groups excluding carboxylic acids is 3. The zero-order valence-corrected chi connectivity index (χ0v) is 25.7. The average Bonchev–Trinajstić information content (AvgIpc) is 3.47. The van der Waals surface area contributed by atoms with Crippen LogP contribution in [0.15, 0.2) is 85.2 Å². The molecule has 46 heavy (non-hydrogen) atoms. The molecule has 2 atom stereocenters. The van der Waals surface area contributed by atoms with Gasteiger partial charge in [-0.05, 0) is 48.0 Å². The molecular weight excluding hydrogens is 612 g/mol. The second-order valence-electron chi connectivity index (χ2n) is 10.8. The number of aromatic nitrogens is 1. The van der Waals surface area contributed by atoms with Crippen molar-refractivity contribution in [2.75, 3.05) is 33.4 Å². The summed E-state index contributed by atoms with van der Waals surface area (Å²) < 4.78 is 23.4. The van der Waals surface area contributed by atoms with Gasteiger partial charge in [0.2, 0.25) is 0 Å². The molecule has 3 aromatic carbocycles. The molecule has 0 spiro atoms. The van der Waals surface area contributed by atoms with Crippen molar-refractivity contribution in [3.8, 4) is 34.1 Å². The number of hydrogen-bond donors (Lipinski definition) is 2. The van der Waals surface area contributed by atoms with Crippen LogP contribution in [0.4, 0.5) is 0 Å². The molecule has 7 rings (SSSR count). The van der Waals surface area contributed by atoms with Crippen LogP contribution >= 0.6 is 11.6 Å². The first-order chi connectivity index (χ1) is 22.4. The fraction of sp³-hybridized carbons (Fsp3) is 0.235. The van der Waals surface area contributed by atoms with E-state index in [1.165, 1.54) is 13.3 Å². The first-order valence-electron chi connectivity index (χ1n) is 14.6. The summed E-state index contributed by atoms with van der Waals surface area (Å²) in [5, 5.41) is 6.30. The van der Waals surface area contributed by atoms with E-state index in [0.29, 0.717) is 39.1 Å². The van der Waals surface area contributed by atoms with Crippen LogP contribution in [0, 0.1) is 0 Å². The van der Waals surface area contributed by atoms with Gasteiger partial charge in [-0.3, -0.25) is 19.4 Å². The lowest BCUT2D eigenvalue weighted by Crippen LogP contribution is -2.45. The molecule has 4 heterocycles. The molecule has 1 aromatic heterocycles. The molecule has 236 valence electrons. The summed E-state index contributed by atoms with van der Waals surface area (Å²) in [6.45, 7) is 0.172. The highest BCUT2D eigenvalue weighted by Gasteiger charge is 2.38. The van der Waals surface area contributed by atoms with Crippen molar-refractivity contribution in [2.45, 2.75) is 18.7 Å². The molecule has 6 bridgehead atoms. The second kappa shape index (κ2) is 13.8. The van der Waals surface area contributed by atoms with Gasteiger partial charge in [-0.2, -0.15) is 0 Å². The van der Waals surface area contributed by atoms with E-state index in [-0.39, 0.29) is 50.6 Å². The first-order valence-corrected chi connectivity index (χ1v) is 15.0. The summed E-state index contributed by atoms with van der Waals surface area (Å²) >= 11 is 6.19. The maximum absolute atomic E-state index is 13.6. The zero-order chi connectivity index (χ0) is 32.0. The van der Waals surface area contributed by atoms with Crippen LogP contribution in [0.3, 0.4) is 0 Å². The zero-order valence-electron chi connectivity index (χ0n) is 24.9. The number of ether oxygens (including phenoxy) is 4. The fourth-order valence-electron chi connectivity index (χ4n) is 5.28. The van der Waals surface area contributed by atoms with E-state index in [1.807, 2.05) is 6.07 Å². The monoisotopic (exact) mass is 642 g/mol. The number of para-hydroxylation sites is 1. The maximum Gasteiger partial charge on any atom is 0.260 e. The molecular formula is C34H31ClN4O7. The van der Waals surface area contributed by atoms with Gasteiger partial charge >= 0.3 is 0 Å². The highest BCUT2D eigenvalue weighted by Crippen LogP contribution is 2.29. The Labute approximate surface area is 270 Å². The molecule has 2 N–H and O–H groups in total. The Balaban J connectivity index is 1.28. The van der Waals surface area contributed by atoms with E-state index >= 15 is 0 Å². The predicted molar refractivity (Wildman–Crippen MR) is 169 cm³/mol. The molecule has 4 aromatic rings. The Hall–Kier alpha value is -5.29. The summed E-state index contributed by atoms with van der Waals surface area (Å²) in [5.74, 6) is 0.900. The lowest BCUT2D eigenvalue weighted by molar-refractivity contribution is -0.132. The highest BCUT2D eigenvalue weighted by molar-refractivity contribution is 6.32. The van der Waals surface area contributed by atoms with E-state index < -0.39 is 12.1 Å². The minimum Gasteiger partial charge on any atom is -0.496 e. The van der Waals surface area contributed by atoms with Gasteiger partial charge in [-0.15, -0.1) is 0 Å². The van der Waals surface area contributed by atoms with Crippen LogP contribution in [0.2, 0.25) is 5.02 Å². The van der Waals surface area contributed by atoms with Crippen molar-refractivity contribution in [3.05, 3.63) is 101 Å². The second-order valence-corrected chi connectivity index (χ2v) is 11.2. The number of benzene rings is 3. The molecule has 3 amide bonds. The lowest BCUT2D eigenvalue weighted by atomic mass is 10.1. The van der Waals surface area contributed by atoms with Gasteiger partial charge in [-0.1, -0.05) is 35.9 Å². The minimum atomic E-state index is -0.598. The van der Waals surface area contributed by atoms with E-state index in [0.717, 1.165) is 11.1 Å². The molecule has 0 unspecified atom stereocenters. The Morgan fingerprint density at radius 2 is 1.80 bits per heavy atom. The number of nitrogens with one attached hydrogen (secondary N) is 2. The Kier molecular flexibility index (Phi) is 9.20. The van der Waals surface area contributed by atoms with Crippen LogP contribution < -0.4 is 29.6 Å². The first kappa shape index (κ1) is 30.7. The molecule has 3 aliphatic heterocycles. The van der Waals surface area contributed by atoms with Gasteiger partial charge in [0.1, 0.15) is 29.1 Å². The van der Waals surface area contributed by atoms with Crippen LogP contribution in [-0.4, -0.2) is 73.2 Å². The number of likely N-dealkylation sites (tertiary alicyclic amines) is 1. The number of nitrogens with zero attached hydrogens (tertiary/aromatic N) is 2. The molecule has 0 aliphatic carbocycles. The van der Waals surface area contributed by atoms with E-state index in [1.54, 1.807) is 77.8 Å². The third-order valence-electron chi connectivity index (χ3n) is 7.68. The van der Waals surface area contributed by atoms with Crippen molar-refractivity contribution in [1.82, 2.24) is 20.5 Å². The average molecular weight is 643 g/mol. The van der Waals surface area contributed by atoms with E-state index in [2.05, 4.69) is 15.6 Å². The van der Waals surface area contributed by atoms with Gasteiger partial charge in [0.25, 0.3) is 17.7 Å². The minimum absolute atomic E-state index is 0.185. The standard InChI is InChI=1S/C34H31ClN4O7/c1-43-30-13-26-10-9-22(30)16-37-32(40)19-44-25-6-4-5-21(12-25)23-11-24(15-36-14-23)34(42)38-28-17-39(18-31(28)46-26)33(41)20-45-29-8-3-2-7-27(29)35/h2-15,28,31H,16-20H2,1H3,(H,37,40)(H,38,42)/t28-,31-/m0/s1. The molecule has 0 saturated carbocycles. The maximum atomic E-state index is 13.6. The topological polar surface area (TPSA) is 128 Å². The van der Waals surface area contributed by atoms with Gasteiger partial charge < -0.3 is 34.5 Å². The van der Waals surface area contributed by atoms with Crippen LogP contribution in [-0.2, 0) is 16.1 Å². The molecule has 1 saturated heterocycles. The van der Waals surface area contributed by atoms with E-state index in [4.69, 9.17) is 30.5 Å². The summed E-state index contributed by atoms with van der Waals surface area (Å²) in [6, 6.07) is 20.5. The Morgan fingerprint density at radius 3 is 2.65 bits per heavy atom. The molecule has 1 fully saturated rings. The summed E-state index contributed by atoms with van der Waals surface area (Å²) in [7, 11) is 1.53. The summed E-state index contributed by atoms with van der Waals surface area (Å²) in [5.41, 5.74) is 2.51. The van der Waals surface area contributed by atoms with E-state index in [9.17, 15) is 14.4 Å². The SMILES string of the molecule is COc1cc2ccc1CNC(=O)COc1cccc(c1)-c1cncc(c1)C(=O)N[C@H]1CN(C(=O)COc3ccccc3Cl)C[C@@H]1O2. The summed E-state index contributed by atoms with van der Waals surface area (Å²) in [6.07, 6.45) is 2.52. The van der Waals surface area contributed by atoms with Crippen molar-refractivity contribution < 1.29 is 33.3 Å². The van der Waals surface area contributed by atoms with Crippen LogP contribution in [0.25, 0.3) is 11.1 Å². The number of pyridine rings is 1. The number of halogens is 1. The number of fused-ring (bicyclic) bond motifs is 7. The Bertz CT molecular complexity index is 1770. The van der Waals surface area contributed by atoms with Crippen molar-refractivity contribution >= 4 is 29.3 Å². The van der Waals surface area contributed by atoms with Gasteiger partial charge in [0.15, 0.2) is 13.2 Å². The fourth-order valence-corrected chi connectivity index (χ4v) is 5.47. The van der Waals surface area contributed by atoms with Crippen LogP contribution in [0.5, 0.6) is 23.0 Å². The Morgan fingerprint density at radius 1 is 0.957 bits per heavy atom. The molecule has 11 nitrogen and oxygen atoms in total. The number of rotatable bonds is 4. The number of hydrogen-bond acceptors (Lipinski definition) is 8. The predicted octanol–water partition coefficient (Wildman–Crippen LogP) is 3.89. The van der Waals surface area contributed by atoms with Crippen LogP contribution in [0.1, 0.15) is 15.9 Å². The molecule has 12 heteroatoms. The van der Waals surface area contributed by atoms with Crippen molar-refractivity contribution in [1.29, 1.82) is 0 Å². The normalized spacial score (nSPS) is 17.9. The van der Waals surface area contributed by atoms with Gasteiger partial charge in [0, 0.05) is 42.7 Å². The lowest BCUT2D eigenvalue weighted by Gasteiger charge is -2.22. The molecule has 0 radical (unpaired) electrons. The smallest absolute Gasteiger partial charge is 0.260 e. The quantitative estimate of drug-likeness (QED) is 0.343. The number of methoxy groups -OCH3 is 1. The van der Waals surface area contributed by atoms with Gasteiger partial charge in [0.05, 0.1) is 30.3 Å². The largest absolute Gasteiger partial charge is 0.496 e. The highest BCUT2D eigenvalue weighted by atomic mass is 35.5. The third-order valence-corrected chi connectivity index (χ3v) is 8.00. The van der Waals surface area contributed by atoms with Crippen molar-refractivity contribution in [2.24, 2.45) is 0 Å².